The highest BCUT2D eigenvalue weighted by atomic mass is 79.9. The molecule has 2 aromatic carbocycles. The van der Waals surface area contributed by atoms with Crippen LogP contribution in [-0.4, -0.2) is 37.7 Å². The lowest BCUT2D eigenvalue weighted by Gasteiger charge is -2.13. The average Bonchev–Trinajstić information content (AvgIpc) is 3.13. The number of anilines is 1. The zero-order valence-electron chi connectivity index (χ0n) is 18.1. The Morgan fingerprint density at radius 1 is 1.22 bits per heavy atom. The molecule has 170 valence electrons. The van der Waals surface area contributed by atoms with Crippen LogP contribution in [0.1, 0.15) is 25.0 Å². The second-order valence-corrected chi connectivity index (χ2v) is 8.79. The Morgan fingerprint density at radius 3 is 2.62 bits per heavy atom. The molecule has 0 unspecified atom stereocenters. The van der Waals surface area contributed by atoms with Crippen molar-refractivity contribution in [1.82, 2.24) is 5.32 Å². The molecule has 32 heavy (non-hydrogen) atoms. The van der Waals surface area contributed by atoms with Gasteiger partial charge in [0.1, 0.15) is 0 Å². The first-order valence-corrected chi connectivity index (χ1v) is 11.8. The van der Waals surface area contributed by atoms with Crippen LogP contribution in [0.15, 0.2) is 45.8 Å². The fraction of sp³-hybridized carbons (Fsp3) is 0.304. The van der Waals surface area contributed by atoms with Gasteiger partial charge in [-0.05, 0) is 54.8 Å². The molecular weight excluding hydrogens is 496 g/mol. The zero-order valence-corrected chi connectivity index (χ0v) is 20.5. The van der Waals surface area contributed by atoms with E-state index in [0.29, 0.717) is 20.9 Å². The maximum atomic E-state index is 12.5. The van der Waals surface area contributed by atoms with Gasteiger partial charge in [0.25, 0.3) is 5.91 Å². The van der Waals surface area contributed by atoms with Gasteiger partial charge in [0, 0.05) is 10.2 Å². The van der Waals surface area contributed by atoms with E-state index in [1.807, 2.05) is 12.1 Å². The minimum Gasteiger partial charge on any atom is -0.493 e. The third kappa shape index (κ3) is 6.20. The van der Waals surface area contributed by atoms with Crippen LogP contribution in [-0.2, 0) is 20.7 Å². The third-order valence-corrected chi connectivity index (χ3v) is 6.33. The lowest BCUT2D eigenvalue weighted by Crippen LogP contribution is -2.30. The maximum Gasteiger partial charge on any atom is 0.344 e. The minimum absolute atomic E-state index is 0.161. The van der Waals surface area contributed by atoms with E-state index in [1.54, 1.807) is 25.1 Å². The molecule has 1 aliphatic rings. The average molecular weight is 521 g/mol. The summed E-state index contributed by atoms with van der Waals surface area (Å²) in [7, 11) is 1.51. The molecular formula is C23H25BrN2O5S. The lowest BCUT2D eigenvalue weighted by molar-refractivity contribution is -0.145. The molecule has 1 aliphatic heterocycles. The Labute approximate surface area is 200 Å². The number of thioether (sulfide) groups is 1. The van der Waals surface area contributed by atoms with Crippen molar-refractivity contribution in [1.29, 1.82) is 0 Å². The van der Waals surface area contributed by atoms with E-state index in [1.165, 1.54) is 24.4 Å². The van der Waals surface area contributed by atoms with Crippen molar-refractivity contribution in [2.75, 3.05) is 25.6 Å². The summed E-state index contributed by atoms with van der Waals surface area (Å²) in [6.45, 7) is 3.91. The molecule has 9 heteroatoms. The van der Waals surface area contributed by atoms with Gasteiger partial charge in [-0.3, -0.25) is 4.79 Å². The molecule has 3 rings (SSSR count). The highest BCUT2D eigenvalue weighted by Gasteiger charge is 2.27. The second kappa shape index (κ2) is 11.3. The second-order valence-electron chi connectivity index (χ2n) is 6.79. The quantitative estimate of drug-likeness (QED) is 0.370. The summed E-state index contributed by atoms with van der Waals surface area (Å²) in [6, 6.07) is 11.6. The Morgan fingerprint density at radius 2 is 1.97 bits per heavy atom. The molecule has 7 nitrogen and oxygen atoms in total. The molecule has 0 saturated carbocycles. The van der Waals surface area contributed by atoms with Gasteiger partial charge in [0.2, 0.25) is 0 Å². The molecule has 1 fully saturated rings. The first kappa shape index (κ1) is 24.0. The number of halogens is 1. The van der Waals surface area contributed by atoms with Gasteiger partial charge in [-0.1, -0.05) is 46.7 Å². The van der Waals surface area contributed by atoms with Crippen LogP contribution >= 0.6 is 27.7 Å². The SMILES string of the molecule is CCOC(=O)COc1cc(Br)c(/C=C2\S[C@@H](Nc3ccc(CC)cc3)NC2=O)cc1OC. The number of benzene rings is 2. The molecule has 0 aliphatic carbocycles. The number of rotatable bonds is 9. The van der Waals surface area contributed by atoms with Crippen LogP contribution in [0, 0.1) is 0 Å². The molecule has 0 radical (unpaired) electrons. The van der Waals surface area contributed by atoms with Gasteiger partial charge >= 0.3 is 5.97 Å². The highest BCUT2D eigenvalue weighted by Crippen LogP contribution is 2.37. The van der Waals surface area contributed by atoms with Crippen molar-refractivity contribution in [3.8, 4) is 11.5 Å². The fourth-order valence-electron chi connectivity index (χ4n) is 2.97. The van der Waals surface area contributed by atoms with E-state index in [0.717, 1.165) is 17.7 Å². The van der Waals surface area contributed by atoms with E-state index in [9.17, 15) is 9.59 Å². The lowest BCUT2D eigenvalue weighted by atomic mass is 10.1. The number of esters is 1. The number of aryl methyl sites for hydroxylation is 1. The fourth-order valence-corrected chi connectivity index (χ4v) is 4.38. The Bertz CT molecular complexity index is 1010. The molecule has 1 amide bonds. The number of amides is 1. The zero-order chi connectivity index (χ0) is 23.1. The van der Waals surface area contributed by atoms with Crippen molar-refractivity contribution in [2.45, 2.75) is 25.8 Å². The normalized spacial score (nSPS) is 16.6. The van der Waals surface area contributed by atoms with Crippen LogP contribution in [0.25, 0.3) is 6.08 Å². The van der Waals surface area contributed by atoms with E-state index >= 15 is 0 Å². The van der Waals surface area contributed by atoms with E-state index < -0.39 is 5.97 Å². The summed E-state index contributed by atoms with van der Waals surface area (Å²) in [5.74, 6) is 0.219. The standard InChI is InChI=1S/C23H25BrN2O5S/c1-4-14-6-8-16(9-7-14)25-23-26-22(28)20(32-23)11-15-10-18(29-3)19(12-17(15)24)31-13-21(27)30-5-2/h6-12,23,25H,4-5,13H2,1-3H3,(H,26,28)/b20-11-/t23-/m0/s1. The number of ether oxygens (including phenoxy) is 3. The van der Waals surface area contributed by atoms with Crippen molar-refractivity contribution in [3.63, 3.8) is 0 Å². The molecule has 0 spiro atoms. The van der Waals surface area contributed by atoms with Gasteiger partial charge in [-0.25, -0.2) is 4.79 Å². The van der Waals surface area contributed by atoms with Gasteiger partial charge in [-0.2, -0.15) is 0 Å². The number of nitrogens with one attached hydrogen (secondary N) is 2. The van der Waals surface area contributed by atoms with Crippen LogP contribution in [0.5, 0.6) is 11.5 Å². The number of methoxy groups -OCH3 is 1. The minimum atomic E-state index is -0.459. The first-order valence-electron chi connectivity index (χ1n) is 10.1. The largest absolute Gasteiger partial charge is 0.493 e. The monoisotopic (exact) mass is 520 g/mol. The van der Waals surface area contributed by atoms with Crippen LogP contribution in [0.4, 0.5) is 5.69 Å². The first-order chi connectivity index (χ1) is 15.4. The number of carbonyl (C=O) groups is 2. The van der Waals surface area contributed by atoms with Crippen molar-refractivity contribution in [3.05, 3.63) is 56.9 Å². The van der Waals surface area contributed by atoms with Crippen LogP contribution < -0.4 is 20.1 Å². The molecule has 0 bridgehead atoms. The van der Waals surface area contributed by atoms with Gasteiger partial charge in [-0.15, -0.1) is 0 Å². The predicted octanol–water partition coefficient (Wildman–Crippen LogP) is 4.56. The highest BCUT2D eigenvalue weighted by molar-refractivity contribution is 9.10. The smallest absolute Gasteiger partial charge is 0.344 e. The predicted molar refractivity (Wildman–Crippen MR) is 130 cm³/mol. The van der Waals surface area contributed by atoms with Crippen LogP contribution in [0.3, 0.4) is 0 Å². The van der Waals surface area contributed by atoms with Crippen molar-refractivity contribution < 1.29 is 23.8 Å². The van der Waals surface area contributed by atoms with Crippen molar-refractivity contribution in [2.24, 2.45) is 0 Å². The van der Waals surface area contributed by atoms with E-state index in [-0.39, 0.29) is 24.6 Å². The van der Waals surface area contributed by atoms with E-state index in [4.69, 9.17) is 14.2 Å². The number of carbonyl (C=O) groups excluding carboxylic acids is 2. The molecule has 1 heterocycles. The maximum absolute atomic E-state index is 12.5. The number of hydrogen-bond acceptors (Lipinski definition) is 7. The summed E-state index contributed by atoms with van der Waals surface area (Å²) < 4.78 is 16.5. The Hall–Kier alpha value is -2.65. The summed E-state index contributed by atoms with van der Waals surface area (Å²) >= 11 is 4.90. The summed E-state index contributed by atoms with van der Waals surface area (Å²) in [4.78, 5) is 24.6. The topological polar surface area (TPSA) is 85.9 Å². The van der Waals surface area contributed by atoms with Crippen molar-refractivity contribution >= 4 is 51.3 Å². The summed E-state index contributed by atoms with van der Waals surface area (Å²) in [5.41, 5.74) is 2.67. The Kier molecular flexibility index (Phi) is 8.46. The molecule has 1 saturated heterocycles. The van der Waals surface area contributed by atoms with E-state index in [2.05, 4.69) is 45.6 Å². The third-order valence-electron chi connectivity index (χ3n) is 4.61. The summed E-state index contributed by atoms with van der Waals surface area (Å²) in [5, 5.41) is 6.24. The molecule has 0 aromatic heterocycles. The van der Waals surface area contributed by atoms with Gasteiger partial charge in [0.15, 0.2) is 23.6 Å². The number of hydrogen-bond donors (Lipinski definition) is 2. The van der Waals surface area contributed by atoms with Crippen LogP contribution in [0.2, 0.25) is 0 Å². The summed E-state index contributed by atoms with van der Waals surface area (Å²) in [6.07, 6.45) is 2.76. The molecule has 1 atom stereocenters. The molecule has 2 N–H and O–H groups in total. The molecule has 2 aromatic rings. The van der Waals surface area contributed by atoms with Gasteiger partial charge in [0.05, 0.1) is 18.6 Å². The Balaban J connectivity index is 1.72. The van der Waals surface area contributed by atoms with Gasteiger partial charge < -0.3 is 24.8 Å².